The van der Waals surface area contributed by atoms with Gasteiger partial charge in [0.05, 0.1) is 0 Å². The average Bonchev–Trinajstić information content (AvgIpc) is 2.09. The van der Waals surface area contributed by atoms with Gasteiger partial charge < -0.3 is 4.90 Å². The van der Waals surface area contributed by atoms with Crippen LogP contribution in [0.5, 0.6) is 0 Å². The summed E-state index contributed by atoms with van der Waals surface area (Å²) in [6, 6.07) is -0.698. The summed E-state index contributed by atoms with van der Waals surface area (Å²) in [5.41, 5.74) is -0.0444. The Morgan fingerprint density at radius 3 is 2.36 bits per heavy atom. The Hall–Kier alpha value is -1.85. The quantitative estimate of drug-likeness (QED) is 0.438. The molecule has 1 N–H and O–H groups in total. The van der Waals surface area contributed by atoms with Crippen molar-refractivity contribution in [3.8, 4) is 0 Å². The van der Waals surface area contributed by atoms with Crippen LogP contribution in [0.1, 0.15) is 0 Å². The number of urea groups is 1. The van der Waals surface area contributed by atoms with Crippen LogP contribution in [0, 0.1) is 0 Å². The predicted molar refractivity (Wildman–Crippen MR) is 48.1 cm³/mol. The number of carbonyl (C=O) groups excluding carboxylic acids is 3. The number of nitrogens with one attached hydrogen (secondary N) is 1. The van der Waals surface area contributed by atoms with Gasteiger partial charge in [0.2, 0.25) is 0 Å². The summed E-state index contributed by atoms with van der Waals surface area (Å²) in [7, 11) is 4.68. The van der Waals surface area contributed by atoms with Gasteiger partial charge in [0.15, 0.2) is 0 Å². The molecule has 0 aliphatic carbocycles. The molecule has 0 aromatic heterocycles. The highest BCUT2D eigenvalue weighted by Gasteiger charge is 2.33. The van der Waals surface area contributed by atoms with Gasteiger partial charge in [0.1, 0.15) is 5.57 Å². The van der Waals surface area contributed by atoms with Crippen molar-refractivity contribution >= 4 is 17.8 Å². The van der Waals surface area contributed by atoms with E-state index >= 15 is 0 Å². The summed E-state index contributed by atoms with van der Waals surface area (Å²) in [5, 5.41) is 2.05. The Labute approximate surface area is 81.2 Å². The largest absolute Gasteiger partial charge is 0.383 e. The van der Waals surface area contributed by atoms with Crippen LogP contribution in [-0.4, -0.2) is 48.8 Å². The summed E-state index contributed by atoms with van der Waals surface area (Å²) in [4.78, 5) is 36.1. The molecule has 14 heavy (non-hydrogen) atoms. The van der Waals surface area contributed by atoms with E-state index in [4.69, 9.17) is 0 Å². The Bertz CT molecular complexity index is 333. The number of hydrogen-bond donors (Lipinski definition) is 1. The molecule has 1 fully saturated rings. The smallest absolute Gasteiger partial charge is 0.331 e. The zero-order chi connectivity index (χ0) is 10.9. The van der Waals surface area contributed by atoms with E-state index in [9.17, 15) is 14.4 Å². The number of imide groups is 2. The van der Waals surface area contributed by atoms with Gasteiger partial charge in [0, 0.05) is 27.3 Å². The van der Waals surface area contributed by atoms with E-state index in [-0.39, 0.29) is 5.57 Å². The molecule has 0 unspecified atom stereocenters. The third-order valence-corrected chi connectivity index (χ3v) is 1.69. The summed E-state index contributed by atoms with van der Waals surface area (Å²) in [6.07, 6.45) is 1.38. The number of amides is 4. The van der Waals surface area contributed by atoms with E-state index in [1.807, 2.05) is 5.32 Å². The number of hydrogen-bond acceptors (Lipinski definition) is 4. The average molecular weight is 197 g/mol. The molecule has 0 radical (unpaired) electrons. The van der Waals surface area contributed by atoms with E-state index in [2.05, 4.69) is 0 Å². The summed E-state index contributed by atoms with van der Waals surface area (Å²) < 4.78 is 0. The SMILES string of the molecule is CN(C)/C=C1\C(=O)NC(=O)N(C)C1=O. The highest BCUT2D eigenvalue weighted by molar-refractivity contribution is 6.28. The fourth-order valence-electron chi connectivity index (χ4n) is 0.990. The molecule has 1 rings (SSSR count). The monoisotopic (exact) mass is 197 g/mol. The first-order chi connectivity index (χ1) is 6.43. The Kier molecular flexibility index (Phi) is 2.55. The number of carbonyl (C=O) groups is 3. The lowest BCUT2D eigenvalue weighted by molar-refractivity contribution is -0.129. The summed E-state index contributed by atoms with van der Waals surface area (Å²) >= 11 is 0. The molecule has 0 saturated carbocycles. The molecule has 6 heteroatoms. The molecule has 1 aliphatic heterocycles. The van der Waals surface area contributed by atoms with Crippen molar-refractivity contribution in [2.75, 3.05) is 21.1 Å². The van der Waals surface area contributed by atoms with Crippen LogP contribution in [-0.2, 0) is 9.59 Å². The number of nitrogens with zero attached hydrogens (tertiary/aromatic N) is 2. The van der Waals surface area contributed by atoms with Crippen molar-refractivity contribution in [2.45, 2.75) is 0 Å². The first-order valence-corrected chi connectivity index (χ1v) is 3.95. The van der Waals surface area contributed by atoms with Crippen molar-refractivity contribution in [1.29, 1.82) is 0 Å². The van der Waals surface area contributed by atoms with Gasteiger partial charge in [-0.2, -0.15) is 0 Å². The maximum absolute atomic E-state index is 11.4. The summed E-state index contributed by atoms with van der Waals surface area (Å²) in [5.74, 6) is -1.25. The van der Waals surface area contributed by atoms with Gasteiger partial charge in [0.25, 0.3) is 11.8 Å². The van der Waals surface area contributed by atoms with Crippen LogP contribution in [0.3, 0.4) is 0 Å². The minimum Gasteiger partial charge on any atom is -0.383 e. The fourth-order valence-corrected chi connectivity index (χ4v) is 0.990. The third-order valence-electron chi connectivity index (χ3n) is 1.69. The number of barbiturate groups is 1. The lowest BCUT2D eigenvalue weighted by atomic mass is 10.2. The zero-order valence-electron chi connectivity index (χ0n) is 8.20. The molecule has 76 valence electrons. The normalized spacial score (nSPS) is 20.1. The molecule has 1 aliphatic rings. The summed E-state index contributed by atoms with van der Waals surface area (Å²) in [6.45, 7) is 0. The van der Waals surface area contributed by atoms with Gasteiger partial charge in [-0.15, -0.1) is 0 Å². The minimum atomic E-state index is -0.698. The molecule has 0 bridgehead atoms. The van der Waals surface area contributed by atoms with E-state index in [0.717, 1.165) is 4.90 Å². The first kappa shape index (κ1) is 10.2. The van der Waals surface area contributed by atoms with Gasteiger partial charge in [-0.1, -0.05) is 0 Å². The molecule has 1 saturated heterocycles. The minimum absolute atomic E-state index is 0.0444. The van der Waals surface area contributed by atoms with Crippen LogP contribution >= 0.6 is 0 Å². The molecule has 6 nitrogen and oxygen atoms in total. The zero-order valence-corrected chi connectivity index (χ0v) is 8.20. The molecule has 0 spiro atoms. The predicted octanol–water partition coefficient (Wildman–Crippen LogP) is -0.860. The maximum atomic E-state index is 11.4. The Morgan fingerprint density at radius 2 is 1.86 bits per heavy atom. The molecule has 1 heterocycles. The lowest BCUT2D eigenvalue weighted by Crippen LogP contribution is -2.52. The maximum Gasteiger partial charge on any atom is 0.331 e. The molecule has 4 amide bonds. The van der Waals surface area contributed by atoms with Crippen LogP contribution in [0.4, 0.5) is 4.79 Å². The van der Waals surface area contributed by atoms with E-state index in [1.165, 1.54) is 13.2 Å². The molecule has 0 atom stereocenters. The van der Waals surface area contributed by atoms with Gasteiger partial charge in [-0.05, 0) is 0 Å². The molecule has 0 aromatic carbocycles. The molecule has 0 aromatic rings. The Balaban J connectivity index is 3.02. The second-order valence-electron chi connectivity index (χ2n) is 3.13. The third kappa shape index (κ3) is 1.73. The van der Waals surface area contributed by atoms with E-state index < -0.39 is 17.8 Å². The molecular weight excluding hydrogens is 186 g/mol. The molecular formula is C8H11N3O3. The van der Waals surface area contributed by atoms with Crippen molar-refractivity contribution < 1.29 is 14.4 Å². The van der Waals surface area contributed by atoms with Crippen LogP contribution < -0.4 is 5.32 Å². The highest BCUT2D eigenvalue weighted by atomic mass is 16.2. The lowest BCUT2D eigenvalue weighted by Gasteiger charge is -2.23. The van der Waals surface area contributed by atoms with E-state index in [1.54, 1.807) is 19.0 Å². The van der Waals surface area contributed by atoms with Crippen molar-refractivity contribution in [3.05, 3.63) is 11.8 Å². The van der Waals surface area contributed by atoms with Crippen LogP contribution in [0.15, 0.2) is 11.8 Å². The van der Waals surface area contributed by atoms with Gasteiger partial charge >= 0.3 is 6.03 Å². The topological polar surface area (TPSA) is 69.7 Å². The van der Waals surface area contributed by atoms with Crippen molar-refractivity contribution in [3.63, 3.8) is 0 Å². The van der Waals surface area contributed by atoms with Crippen LogP contribution in [0.2, 0.25) is 0 Å². The number of rotatable bonds is 1. The van der Waals surface area contributed by atoms with Gasteiger partial charge in [-0.3, -0.25) is 19.8 Å². The van der Waals surface area contributed by atoms with E-state index in [0.29, 0.717) is 0 Å². The van der Waals surface area contributed by atoms with Crippen LogP contribution in [0.25, 0.3) is 0 Å². The second kappa shape index (κ2) is 3.49. The first-order valence-electron chi connectivity index (χ1n) is 3.95. The standard InChI is InChI=1S/C8H11N3O3/c1-10(2)4-5-6(12)9-8(14)11(3)7(5)13/h4H,1-3H3,(H,9,12,14)/b5-4+. The van der Waals surface area contributed by atoms with Gasteiger partial charge in [-0.25, -0.2) is 4.79 Å². The highest BCUT2D eigenvalue weighted by Crippen LogP contribution is 2.07. The van der Waals surface area contributed by atoms with Crippen molar-refractivity contribution in [1.82, 2.24) is 15.1 Å². The van der Waals surface area contributed by atoms with Crippen molar-refractivity contribution in [2.24, 2.45) is 0 Å². The number of likely N-dealkylation sites (N-methyl/N-ethyl adjacent to an activating group) is 1. The fraction of sp³-hybridized carbons (Fsp3) is 0.375. The second-order valence-corrected chi connectivity index (χ2v) is 3.13. The Morgan fingerprint density at radius 1 is 1.29 bits per heavy atom.